The minimum Gasteiger partial charge on any atom is -0.378 e. The van der Waals surface area contributed by atoms with E-state index in [1.54, 1.807) is 7.05 Å². The summed E-state index contributed by atoms with van der Waals surface area (Å²) in [7, 11) is 1.63. The highest BCUT2D eigenvalue weighted by atomic mass is 19.2. The van der Waals surface area contributed by atoms with Crippen molar-refractivity contribution in [1.82, 2.24) is 9.88 Å². The lowest BCUT2D eigenvalue weighted by Crippen LogP contribution is -2.49. The van der Waals surface area contributed by atoms with Crippen LogP contribution in [-0.2, 0) is 4.74 Å². The molecule has 0 radical (unpaired) electrons. The molecule has 0 aliphatic heterocycles. The van der Waals surface area contributed by atoms with Crippen LogP contribution in [0.4, 0.5) is 8.78 Å². The third-order valence-corrected chi connectivity index (χ3v) is 4.49. The average molecular weight is 336 g/mol. The normalized spacial score (nSPS) is 20.0. The van der Waals surface area contributed by atoms with Crippen molar-refractivity contribution < 1.29 is 18.3 Å². The number of nitrogens with zero attached hydrogens (tertiary/aromatic N) is 1. The van der Waals surface area contributed by atoms with Gasteiger partial charge < -0.3 is 14.6 Å². The second-order valence-corrected chi connectivity index (χ2v) is 5.96. The fourth-order valence-corrected chi connectivity index (χ4v) is 2.96. The summed E-state index contributed by atoms with van der Waals surface area (Å²) in [5.74, 6) is -2.61. The lowest BCUT2D eigenvalue weighted by Gasteiger charge is -2.40. The smallest absolute Gasteiger partial charge is 0.259 e. The van der Waals surface area contributed by atoms with E-state index in [1.807, 2.05) is 6.92 Å². The van der Waals surface area contributed by atoms with Gasteiger partial charge in [-0.25, -0.2) is 8.78 Å². The third-order valence-electron chi connectivity index (χ3n) is 4.49. The van der Waals surface area contributed by atoms with Crippen LogP contribution >= 0.6 is 0 Å². The van der Waals surface area contributed by atoms with E-state index < -0.39 is 23.0 Å². The van der Waals surface area contributed by atoms with E-state index in [1.165, 1.54) is 11.1 Å². The van der Waals surface area contributed by atoms with Gasteiger partial charge in [-0.2, -0.15) is 0 Å². The second-order valence-electron chi connectivity index (χ2n) is 5.96. The van der Waals surface area contributed by atoms with Gasteiger partial charge >= 0.3 is 0 Å². The molecule has 1 aliphatic carbocycles. The number of hydrogen-bond donors (Lipinski definition) is 1. The number of ether oxygens (including phenoxy) is 1. The standard InChI is InChI=1S/C17H18F2N2O3/c1-3-24-10-4-9(5-10)21(2)17(23)12-8-20-15-7-14(19)13(18)6-11(15)16(12)22/h6-10H,3-5H2,1-2H3,(H,20,22). The molecule has 1 saturated carbocycles. The lowest BCUT2D eigenvalue weighted by atomic mass is 9.87. The van der Waals surface area contributed by atoms with Crippen molar-refractivity contribution >= 4 is 16.8 Å². The van der Waals surface area contributed by atoms with E-state index in [0.717, 1.165) is 25.0 Å². The summed E-state index contributed by atoms with van der Waals surface area (Å²) in [5.41, 5.74) is -0.547. The van der Waals surface area contributed by atoms with Crippen LogP contribution in [0.5, 0.6) is 0 Å². The maximum atomic E-state index is 13.4. The van der Waals surface area contributed by atoms with Crippen molar-refractivity contribution in [3.05, 3.63) is 45.8 Å². The first-order valence-corrected chi connectivity index (χ1v) is 7.81. The Morgan fingerprint density at radius 3 is 2.67 bits per heavy atom. The predicted molar refractivity (Wildman–Crippen MR) is 85.0 cm³/mol. The number of pyridine rings is 1. The fourth-order valence-electron chi connectivity index (χ4n) is 2.96. The van der Waals surface area contributed by atoms with E-state index in [4.69, 9.17) is 4.74 Å². The molecule has 0 unspecified atom stereocenters. The summed E-state index contributed by atoms with van der Waals surface area (Å²) in [5, 5.41) is -0.0473. The molecule has 0 atom stereocenters. The van der Waals surface area contributed by atoms with Gasteiger partial charge in [-0.3, -0.25) is 9.59 Å². The number of halogens is 2. The predicted octanol–water partition coefficient (Wildman–Crippen LogP) is 2.45. The number of H-pyrrole nitrogens is 1. The summed E-state index contributed by atoms with van der Waals surface area (Å²) in [6.45, 7) is 2.54. The van der Waals surface area contributed by atoms with Crippen molar-refractivity contribution in [3.8, 4) is 0 Å². The van der Waals surface area contributed by atoms with Crippen LogP contribution in [0.1, 0.15) is 30.1 Å². The van der Waals surface area contributed by atoms with Crippen LogP contribution < -0.4 is 5.43 Å². The number of fused-ring (bicyclic) bond motifs is 1. The molecule has 1 fully saturated rings. The van der Waals surface area contributed by atoms with Crippen LogP contribution in [0.2, 0.25) is 0 Å². The minimum absolute atomic E-state index is 0.00843. The number of rotatable bonds is 4. The van der Waals surface area contributed by atoms with Gasteiger partial charge in [-0.1, -0.05) is 0 Å². The van der Waals surface area contributed by atoms with Crippen molar-refractivity contribution in [2.75, 3.05) is 13.7 Å². The van der Waals surface area contributed by atoms with Crippen LogP contribution in [0, 0.1) is 11.6 Å². The summed E-state index contributed by atoms with van der Waals surface area (Å²) in [6.07, 6.45) is 2.84. The molecule has 2 aromatic rings. The highest BCUT2D eigenvalue weighted by Gasteiger charge is 2.35. The van der Waals surface area contributed by atoms with Crippen LogP contribution in [0.15, 0.2) is 23.1 Å². The Morgan fingerprint density at radius 1 is 1.33 bits per heavy atom. The quantitative estimate of drug-likeness (QED) is 0.933. The summed E-state index contributed by atoms with van der Waals surface area (Å²) >= 11 is 0. The van der Waals surface area contributed by atoms with Gasteiger partial charge in [-0.05, 0) is 25.8 Å². The van der Waals surface area contributed by atoms with Gasteiger partial charge in [0, 0.05) is 37.3 Å². The molecular formula is C17H18F2N2O3. The molecule has 128 valence electrons. The number of hydrogen-bond acceptors (Lipinski definition) is 3. The molecule has 1 amide bonds. The molecule has 7 heteroatoms. The van der Waals surface area contributed by atoms with Gasteiger partial charge in [0.15, 0.2) is 11.6 Å². The summed E-state index contributed by atoms with van der Waals surface area (Å²) in [6, 6.07) is 1.73. The Morgan fingerprint density at radius 2 is 2.00 bits per heavy atom. The van der Waals surface area contributed by atoms with Crippen LogP contribution in [-0.4, -0.2) is 41.6 Å². The zero-order valence-electron chi connectivity index (χ0n) is 13.4. The molecule has 1 aromatic carbocycles. The number of carbonyl (C=O) groups is 1. The van der Waals surface area contributed by atoms with E-state index in [2.05, 4.69) is 4.98 Å². The van der Waals surface area contributed by atoms with Gasteiger partial charge in [0.05, 0.1) is 11.6 Å². The first-order valence-electron chi connectivity index (χ1n) is 7.81. The maximum absolute atomic E-state index is 13.4. The van der Waals surface area contributed by atoms with Crippen molar-refractivity contribution in [2.24, 2.45) is 0 Å². The first kappa shape index (κ1) is 16.6. The second kappa shape index (κ2) is 6.32. The van der Waals surface area contributed by atoms with Gasteiger partial charge in [0.1, 0.15) is 5.56 Å². The number of aromatic amines is 1. The highest BCUT2D eigenvalue weighted by Crippen LogP contribution is 2.28. The monoisotopic (exact) mass is 336 g/mol. The summed E-state index contributed by atoms with van der Waals surface area (Å²) < 4.78 is 32.1. The molecule has 1 heterocycles. The Labute approximate surface area is 137 Å². The molecule has 5 nitrogen and oxygen atoms in total. The molecule has 0 saturated heterocycles. The number of amides is 1. The average Bonchev–Trinajstić information content (AvgIpc) is 2.51. The Bertz CT molecular complexity index is 844. The van der Waals surface area contributed by atoms with Crippen molar-refractivity contribution in [2.45, 2.75) is 31.9 Å². The molecule has 0 spiro atoms. The fraction of sp³-hybridized carbons (Fsp3) is 0.412. The van der Waals surface area contributed by atoms with E-state index in [9.17, 15) is 18.4 Å². The van der Waals surface area contributed by atoms with Gasteiger partial charge in [0.2, 0.25) is 5.43 Å². The zero-order valence-corrected chi connectivity index (χ0v) is 13.4. The first-order chi connectivity index (χ1) is 11.4. The Balaban J connectivity index is 1.87. The topological polar surface area (TPSA) is 62.4 Å². The van der Waals surface area contributed by atoms with Crippen LogP contribution in [0.3, 0.4) is 0 Å². The zero-order chi connectivity index (χ0) is 17.4. The number of nitrogens with one attached hydrogen (secondary N) is 1. The largest absolute Gasteiger partial charge is 0.378 e. The molecule has 3 rings (SSSR count). The minimum atomic E-state index is -1.12. The molecule has 1 N–H and O–H groups in total. The number of aromatic nitrogens is 1. The number of carbonyl (C=O) groups excluding carboxylic acids is 1. The molecule has 24 heavy (non-hydrogen) atoms. The van der Waals surface area contributed by atoms with Gasteiger partial charge in [-0.15, -0.1) is 0 Å². The van der Waals surface area contributed by atoms with Crippen molar-refractivity contribution in [1.29, 1.82) is 0 Å². The van der Waals surface area contributed by atoms with E-state index in [0.29, 0.717) is 6.61 Å². The van der Waals surface area contributed by atoms with Crippen molar-refractivity contribution in [3.63, 3.8) is 0 Å². The van der Waals surface area contributed by atoms with E-state index in [-0.39, 0.29) is 28.6 Å². The SMILES string of the molecule is CCOC1CC(N(C)C(=O)c2c[nH]c3cc(F)c(F)cc3c2=O)C1. The molecule has 1 aliphatic rings. The Kier molecular flexibility index (Phi) is 4.36. The van der Waals surface area contributed by atoms with Gasteiger partial charge in [0.25, 0.3) is 5.91 Å². The van der Waals surface area contributed by atoms with Crippen LogP contribution in [0.25, 0.3) is 10.9 Å². The molecule has 0 bridgehead atoms. The lowest BCUT2D eigenvalue weighted by molar-refractivity contribution is -0.0344. The summed E-state index contributed by atoms with van der Waals surface area (Å²) in [4.78, 5) is 29.2. The molecule has 1 aromatic heterocycles. The third kappa shape index (κ3) is 2.80. The highest BCUT2D eigenvalue weighted by molar-refractivity contribution is 5.97. The van der Waals surface area contributed by atoms with E-state index >= 15 is 0 Å². The number of benzene rings is 1. The molecular weight excluding hydrogens is 318 g/mol. The Hall–Kier alpha value is -2.28. The maximum Gasteiger partial charge on any atom is 0.259 e.